The minimum atomic E-state index is -0.730. The van der Waals surface area contributed by atoms with Crippen molar-refractivity contribution >= 4 is 11.4 Å². The summed E-state index contributed by atoms with van der Waals surface area (Å²) in [4.78, 5) is 19.3. The number of methoxy groups -OCH3 is 1. The minimum Gasteiger partial charge on any atom is -0.490 e. The Bertz CT molecular complexity index is 390. The number of non-ortho nitro benzene ring substituents is 1. The number of nitrogens with zero attached hydrogens (tertiary/aromatic N) is 2. The molecule has 0 spiro atoms. The maximum absolute atomic E-state index is 10.5. The molecule has 1 aromatic carbocycles. The topological polar surface area (TPSA) is 95.5 Å². The lowest BCUT2D eigenvalue weighted by molar-refractivity contribution is -0.394. The van der Waals surface area contributed by atoms with Crippen molar-refractivity contribution in [3.05, 3.63) is 38.4 Å². The van der Waals surface area contributed by atoms with Gasteiger partial charge in [0.05, 0.1) is 23.0 Å². The number of nitro groups is 2. The van der Waals surface area contributed by atoms with Crippen molar-refractivity contribution in [2.75, 3.05) is 7.11 Å². The van der Waals surface area contributed by atoms with Crippen molar-refractivity contribution in [3.63, 3.8) is 0 Å². The van der Waals surface area contributed by atoms with Crippen LogP contribution in [0.2, 0.25) is 0 Å². The summed E-state index contributed by atoms with van der Waals surface area (Å²) in [6.45, 7) is 0. The van der Waals surface area contributed by atoms with E-state index in [0.29, 0.717) is 0 Å². The zero-order valence-electron chi connectivity index (χ0n) is 7.17. The second-order valence-electron chi connectivity index (χ2n) is 2.37. The maximum Gasteiger partial charge on any atom is 0.317 e. The van der Waals surface area contributed by atoms with Crippen LogP contribution in [0, 0.1) is 20.2 Å². The number of benzene rings is 1. The zero-order valence-corrected chi connectivity index (χ0v) is 7.17. The Kier molecular flexibility index (Phi) is 2.61. The molecule has 0 amide bonds. The molecule has 0 aliphatic carbocycles. The largest absolute Gasteiger partial charge is 0.490 e. The molecule has 7 heteroatoms. The van der Waals surface area contributed by atoms with E-state index in [-0.39, 0.29) is 11.4 Å². The molecule has 14 heavy (non-hydrogen) atoms. The lowest BCUT2D eigenvalue weighted by Crippen LogP contribution is -1.95. The lowest BCUT2D eigenvalue weighted by Gasteiger charge is -1.99. The molecule has 0 heterocycles. The Balaban J connectivity index is 3.27. The lowest BCUT2D eigenvalue weighted by atomic mass is 10.2. The van der Waals surface area contributed by atoms with E-state index in [2.05, 4.69) is 4.74 Å². The zero-order chi connectivity index (χ0) is 10.7. The Morgan fingerprint density at radius 2 is 2.14 bits per heavy atom. The SMILES string of the molecule is COc1ccc([13N+](=O)[O-])cc1[15N+](=O)[O-]. The number of hydrogen-bond acceptors (Lipinski definition) is 5. The molecule has 1 aromatic rings. The highest BCUT2D eigenvalue weighted by atomic mass is 16.9. The van der Waals surface area contributed by atoms with Gasteiger partial charge in [-0.2, -0.15) is 0 Å². The molecule has 0 saturated heterocycles. The van der Waals surface area contributed by atoms with Crippen LogP contribution in [0.1, 0.15) is 0 Å². The summed E-state index contributed by atoms with van der Waals surface area (Å²) >= 11 is 0. The average molecular weight is 198 g/mol. The molecule has 0 aliphatic heterocycles. The van der Waals surface area contributed by atoms with Gasteiger partial charge in [0.25, 0.3) is 5.69 Å². The van der Waals surface area contributed by atoms with Crippen LogP contribution in [0.25, 0.3) is 0 Å². The van der Waals surface area contributed by atoms with Crippen molar-refractivity contribution in [2.24, 2.45) is 0 Å². The van der Waals surface area contributed by atoms with E-state index >= 15 is 0 Å². The molecule has 0 aliphatic rings. The van der Waals surface area contributed by atoms with Crippen LogP contribution in [0.4, 0.5) is 11.4 Å². The normalized spacial score (nSPS) is 9.50. The summed E-state index contributed by atoms with van der Waals surface area (Å²) in [5, 5.41) is 20.8. The first-order valence-corrected chi connectivity index (χ1v) is 3.53. The van der Waals surface area contributed by atoms with Crippen molar-refractivity contribution in [1.29, 1.82) is 0 Å². The number of ether oxygens (including phenoxy) is 1. The van der Waals surface area contributed by atoms with Gasteiger partial charge in [-0.25, -0.2) is 0 Å². The molecule has 0 aromatic heterocycles. The third-order valence-corrected chi connectivity index (χ3v) is 1.57. The van der Waals surface area contributed by atoms with Gasteiger partial charge in [-0.05, 0) is 6.07 Å². The van der Waals surface area contributed by atoms with Crippen molar-refractivity contribution in [2.45, 2.75) is 0 Å². The molecule has 0 bridgehead atoms. The van der Waals surface area contributed by atoms with Crippen LogP contribution in [-0.4, -0.2) is 17.0 Å². The van der Waals surface area contributed by atoms with Gasteiger partial charge in [-0.1, -0.05) is 0 Å². The Hall–Kier alpha value is -2.18. The van der Waals surface area contributed by atoms with E-state index < -0.39 is 15.5 Å². The standard InChI is InChI=1S/C7H6N2O5/c1-14-7-3-2-5(8(10)11)4-6(7)9(12)13/h2-4H,1H3/i8-1,9+1. The van der Waals surface area contributed by atoms with Crippen LogP contribution in [0.5, 0.6) is 5.75 Å². The number of hydrogen-bond donors (Lipinski definition) is 0. The third-order valence-electron chi connectivity index (χ3n) is 1.57. The first kappa shape index (κ1) is 9.90. The maximum atomic E-state index is 10.5. The molecule has 0 unspecified atom stereocenters. The van der Waals surface area contributed by atoms with E-state index in [1.54, 1.807) is 0 Å². The molecule has 74 valence electrons. The summed E-state index contributed by atoms with van der Waals surface area (Å²) in [6.07, 6.45) is 0. The smallest absolute Gasteiger partial charge is 0.317 e. The summed E-state index contributed by atoms with van der Waals surface area (Å²) in [5.41, 5.74) is -0.751. The van der Waals surface area contributed by atoms with E-state index in [4.69, 9.17) is 0 Å². The van der Waals surface area contributed by atoms with Crippen LogP contribution in [0.15, 0.2) is 18.2 Å². The van der Waals surface area contributed by atoms with E-state index in [9.17, 15) is 20.2 Å². The molecular formula is C7H6N2O5. The highest BCUT2D eigenvalue weighted by Crippen LogP contribution is 2.30. The number of nitro benzene ring substituents is 2. The van der Waals surface area contributed by atoms with Crippen molar-refractivity contribution in [1.82, 2.24) is 0 Å². The molecular weight excluding hydrogens is 192 g/mol. The predicted molar refractivity (Wildman–Crippen MR) is 46.3 cm³/mol. The van der Waals surface area contributed by atoms with Crippen LogP contribution in [0.3, 0.4) is 0 Å². The summed E-state index contributed by atoms with van der Waals surface area (Å²) < 4.78 is 4.68. The van der Waals surface area contributed by atoms with Gasteiger partial charge < -0.3 is 4.74 Å². The van der Waals surface area contributed by atoms with Gasteiger partial charge in [-0.3, -0.25) is 20.2 Å². The Morgan fingerprint density at radius 1 is 1.50 bits per heavy atom. The van der Waals surface area contributed by atoms with Crippen molar-refractivity contribution < 1.29 is 14.6 Å². The molecule has 0 radical (unpaired) electrons. The first-order valence-electron chi connectivity index (χ1n) is 3.53. The third kappa shape index (κ3) is 1.76. The fourth-order valence-corrected chi connectivity index (χ4v) is 0.935. The van der Waals surface area contributed by atoms with Gasteiger partial charge in [0.15, 0.2) is 5.75 Å². The molecule has 0 N–H and O–H groups in total. The quantitative estimate of drug-likeness (QED) is 0.416. The first-order chi connectivity index (χ1) is 6.56. The second-order valence-corrected chi connectivity index (χ2v) is 2.37. The van der Waals surface area contributed by atoms with E-state index in [1.165, 1.54) is 13.2 Å². The van der Waals surface area contributed by atoms with E-state index in [1.807, 2.05) is 0 Å². The number of rotatable bonds is 3. The molecule has 0 saturated carbocycles. The minimum absolute atomic E-state index is 0.000556. The van der Waals surface area contributed by atoms with Gasteiger partial charge in [0, 0.05) is 6.07 Å². The van der Waals surface area contributed by atoms with Crippen LogP contribution in [-0.2, 0) is 0 Å². The summed E-state index contributed by atoms with van der Waals surface area (Å²) in [5.74, 6) is 0.000556. The molecule has 1 rings (SSSR count). The fraction of sp³-hybridized carbons (Fsp3) is 0.143. The predicted octanol–water partition coefficient (Wildman–Crippen LogP) is 1.51. The Morgan fingerprint density at radius 3 is 2.57 bits per heavy atom. The van der Waals surface area contributed by atoms with E-state index in [0.717, 1.165) is 12.1 Å². The summed E-state index contributed by atoms with van der Waals surface area (Å²) in [6, 6.07) is 3.20. The van der Waals surface area contributed by atoms with Gasteiger partial charge in [-0.15, -0.1) is 0 Å². The van der Waals surface area contributed by atoms with Crippen LogP contribution < -0.4 is 4.74 Å². The van der Waals surface area contributed by atoms with Gasteiger partial charge in [0.1, 0.15) is 0 Å². The second kappa shape index (κ2) is 3.69. The molecule has 7 nitrogen and oxygen atoms in total. The van der Waals surface area contributed by atoms with Gasteiger partial charge >= 0.3 is 5.69 Å². The highest BCUT2D eigenvalue weighted by Gasteiger charge is 2.19. The van der Waals surface area contributed by atoms with Crippen molar-refractivity contribution in [3.8, 4) is 5.75 Å². The molecule has 0 atom stereocenters. The molecule has 0 fully saturated rings. The van der Waals surface area contributed by atoms with Gasteiger partial charge in [0.2, 0.25) is 0 Å². The fourth-order valence-electron chi connectivity index (χ4n) is 0.935. The Labute approximate surface area is 78.2 Å². The van der Waals surface area contributed by atoms with Crippen LogP contribution >= 0.6 is 0 Å². The summed E-state index contributed by atoms with van der Waals surface area (Å²) in [7, 11) is 1.26. The highest BCUT2D eigenvalue weighted by molar-refractivity contribution is 5.53. The average Bonchev–Trinajstić information content (AvgIpc) is 2.16. The monoisotopic (exact) mass is 198 g/mol.